The molecule has 4 atom stereocenters. The lowest BCUT2D eigenvalue weighted by Gasteiger charge is -2.34. The Morgan fingerprint density at radius 2 is 1.84 bits per heavy atom. The van der Waals surface area contributed by atoms with Crippen LogP contribution in [0.3, 0.4) is 0 Å². The summed E-state index contributed by atoms with van der Waals surface area (Å²) in [5.41, 5.74) is -0.0899. The van der Waals surface area contributed by atoms with Gasteiger partial charge in [-0.25, -0.2) is 0 Å². The van der Waals surface area contributed by atoms with Gasteiger partial charge in [-0.15, -0.1) is 0 Å². The molecule has 1 aliphatic rings. The summed E-state index contributed by atoms with van der Waals surface area (Å²) >= 11 is 0. The Hall–Kier alpha value is -1.74. The molecule has 1 heterocycles. The van der Waals surface area contributed by atoms with Crippen molar-refractivity contribution in [3.8, 4) is 5.75 Å². The summed E-state index contributed by atoms with van der Waals surface area (Å²) in [5, 5.41) is 38.8. The number of hydrogen-bond donors (Lipinski definition) is 3. The summed E-state index contributed by atoms with van der Waals surface area (Å²) in [6, 6.07) is 5.20. The molecule has 8 heteroatoms. The Labute approximate surface area is 108 Å². The van der Waals surface area contributed by atoms with Crippen LogP contribution in [0.4, 0.5) is 5.69 Å². The number of hydrogen-bond acceptors (Lipinski definition) is 7. The van der Waals surface area contributed by atoms with E-state index < -0.39 is 29.5 Å². The van der Waals surface area contributed by atoms with Crippen molar-refractivity contribution in [2.24, 2.45) is 0 Å². The molecular formula is C11H13NO7. The third-order valence-electron chi connectivity index (χ3n) is 2.75. The van der Waals surface area contributed by atoms with Crippen LogP contribution in [-0.4, -0.2) is 51.5 Å². The maximum Gasteiger partial charge on any atom is 0.269 e. The van der Waals surface area contributed by atoms with Crippen LogP contribution in [0.25, 0.3) is 0 Å². The largest absolute Gasteiger partial charge is 0.462 e. The van der Waals surface area contributed by atoms with Crippen LogP contribution >= 0.6 is 0 Å². The predicted octanol–water partition coefficient (Wildman–Crippen LogP) is -0.587. The molecule has 1 aromatic carbocycles. The number of nitro groups is 1. The van der Waals surface area contributed by atoms with Crippen LogP contribution < -0.4 is 4.74 Å². The van der Waals surface area contributed by atoms with Crippen molar-refractivity contribution in [3.05, 3.63) is 34.4 Å². The van der Waals surface area contributed by atoms with Gasteiger partial charge in [0.05, 0.1) is 11.5 Å². The molecular weight excluding hydrogens is 258 g/mol. The summed E-state index contributed by atoms with van der Waals surface area (Å²) < 4.78 is 10.3. The van der Waals surface area contributed by atoms with Gasteiger partial charge in [-0.05, 0) is 12.1 Å². The smallest absolute Gasteiger partial charge is 0.269 e. The molecule has 0 radical (unpaired) electrons. The molecule has 0 spiro atoms. The molecule has 1 aliphatic heterocycles. The number of ether oxygens (including phenoxy) is 2. The lowest BCUT2D eigenvalue weighted by molar-refractivity contribution is -0.384. The molecule has 0 saturated carbocycles. The Bertz CT molecular complexity index is 449. The van der Waals surface area contributed by atoms with E-state index in [1.807, 2.05) is 0 Å². The van der Waals surface area contributed by atoms with Gasteiger partial charge in [0.2, 0.25) is 6.29 Å². The second-order valence-corrected chi connectivity index (χ2v) is 4.12. The fraction of sp³-hybridized carbons (Fsp3) is 0.455. The van der Waals surface area contributed by atoms with Crippen molar-refractivity contribution in [2.45, 2.75) is 24.6 Å². The number of non-ortho nitro benzene ring substituents is 1. The van der Waals surface area contributed by atoms with E-state index in [-0.39, 0.29) is 18.0 Å². The van der Waals surface area contributed by atoms with E-state index in [1.165, 1.54) is 24.3 Å². The second-order valence-electron chi connectivity index (χ2n) is 4.12. The average molecular weight is 271 g/mol. The standard InChI is InChI=1S/C11H13NO7/c13-8-5-18-11(10(15)9(8)14)19-7-3-1-6(2-4-7)12(16)17/h1-4,8-11,13-15H,5H2/t8-,9?,10?,11+/m1/s1. The van der Waals surface area contributed by atoms with E-state index in [1.54, 1.807) is 0 Å². The average Bonchev–Trinajstić information content (AvgIpc) is 2.40. The van der Waals surface area contributed by atoms with E-state index in [4.69, 9.17) is 9.47 Å². The Balaban J connectivity index is 2.03. The first-order chi connectivity index (χ1) is 8.99. The molecule has 1 fully saturated rings. The topological polar surface area (TPSA) is 122 Å². The summed E-state index contributed by atoms with van der Waals surface area (Å²) in [6.07, 6.45) is -5.08. The van der Waals surface area contributed by atoms with Gasteiger partial charge in [0.15, 0.2) is 0 Å². The molecule has 3 N–H and O–H groups in total. The van der Waals surface area contributed by atoms with E-state index >= 15 is 0 Å². The predicted molar refractivity (Wildman–Crippen MR) is 61.5 cm³/mol. The molecule has 2 unspecified atom stereocenters. The van der Waals surface area contributed by atoms with Crippen LogP contribution in [-0.2, 0) is 4.74 Å². The number of benzene rings is 1. The van der Waals surface area contributed by atoms with E-state index in [9.17, 15) is 25.4 Å². The fourth-order valence-corrected chi connectivity index (χ4v) is 1.66. The second kappa shape index (κ2) is 5.49. The minimum absolute atomic E-state index is 0.0899. The number of nitrogens with zero attached hydrogens (tertiary/aromatic N) is 1. The minimum atomic E-state index is -1.40. The van der Waals surface area contributed by atoms with Gasteiger partial charge in [0.1, 0.15) is 24.1 Å². The van der Waals surface area contributed by atoms with Crippen molar-refractivity contribution in [1.82, 2.24) is 0 Å². The van der Waals surface area contributed by atoms with Crippen molar-refractivity contribution in [2.75, 3.05) is 6.61 Å². The van der Waals surface area contributed by atoms with Crippen LogP contribution in [0.1, 0.15) is 0 Å². The zero-order valence-corrected chi connectivity index (χ0v) is 9.75. The zero-order chi connectivity index (χ0) is 14.0. The summed E-state index contributed by atoms with van der Waals surface area (Å²) in [4.78, 5) is 9.93. The van der Waals surface area contributed by atoms with Gasteiger partial charge in [0, 0.05) is 12.1 Å². The normalized spacial score (nSPS) is 30.9. The van der Waals surface area contributed by atoms with Gasteiger partial charge >= 0.3 is 0 Å². The van der Waals surface area contributed by atoms with Gasteiger partial charge in [-0.2, -0.15) is 0 Å². The number of rotatable bonds is 3. The monoisotopic (exact) mass is 271 g/mol. The SMILES string of the molecule is O=[N+]([O-])c1ccc(O[C@@H]2OC[C@@H](O)C(O)C2O)cc1. The first-order valence-electron chi connectivity index (χ1n) is 5.56. The first-order valence-corrected chi connectivity index (χ1v) is 5.56. The summed E-state index contributed by atoms with van der Waals surface area (Å²) in [6.45, 7) is -0.171. The number of nitro benzene ring substituents is 1. The highest BCUT2D eigenvalue weighted by Gasteiger charge is 2.38. The Morgan fingerprint density at radius 3 is 2.42 bits per heavy atom. The number of aliphatic hydroxyl groups excluding tert-OH is 3. The highest BCUT2D eigenvalue weighted by molar-refractivity contribution is 5.36. The third-order valence-corrected chi connectivity index (χ3v) is 2.75. The molecule has 0 bridgehead atoms. The van der Waals surface area contributed by atoms with Crippen LogP contribution in [0.15, 0.2) is 24.3 Å². The molecule has 8 nitrogen and oxygen atoms in total. The molecule has 1 aromatic rings. The summed E-state index contributed by atoms with van der Waals surface area (Å²) in [5.74, 6) is 0.248. The van der Waals surface area contributed by atoms with Crippen molar-refractivity contribution < 1.29 is 29.7 Å². The Kier molecular flexibility index (Phi) is 3.96. The maximum atomic E-state index is 10.5. The lowest BCUT2D eigenvalue weighted by Crippen LogP contribution is -2.54. The van der Waals surface area contributed by atoms with E-state index in [2.05, 4.69) is 0 Å². The molecule has 0 aliphatic carbocycles. The van der Waals surface area contributed by atoms with Crippen molar-refractivity contribution >= 4 is 5.69 Å². The highest BCUT2D eigenvalue weighted by Crippen LogP contribution is 2.22. The van der Waals surface area contributed by atoms with Gasteiger partial charge in [-0.1, -0.05) is 0 Å². The van der Waals surface area contributed by atoms with Crippen LogP contribution in [0, 0.1) is 10.1 Å². The van der Waals surface area contributed by atoms with Crippen molar-refractivity contribution in [1.29, 1.82) is 0 Å². The zero-order valence-electron chi connectivity index (χ0n) is 9.75. The molecule has 0 aromatic heterocycles. The van der Waals surface area contributed by atoms with Crippen LogP contribution in [0.5, 0.6) is 5.75 Å². The molecule has 19 heavy (non-hydrogen) atoms. The minimum Gasteiger partial charge on any atom is -0.462 e. The first kappa shape index (κ1) is 13.7. The fourth-order valence-electron chi connectivity index (χ4n) is 1.66. The van der Waals surface area contributed by atoms with Crippen LogP contribution in [0.2, 0.25) is 0 Å². The van der Waals surface area contributed by atoms with Gasteiger partial charge in [0.25, 0.3) is 5.69 Å². The van der Waals surface area contributed by atoms with Gasteiger partial charge in [-0.3, -0.25) is 10.1 Å². The van der Waals surface area contributed by atoms with E-state index in [0.717, 1.165) is 0 Å². The van der Waals surface area contributed by atoms with Crippen molar-refractivity contribution in [3.63, 3.8) is 0 Å². The quantitative estimate of drug-likeness (QED) is 0.496. The third kappa shape index (κ3) is 2.99. The number of aliphatic hydroxyl groups is 3. The maximum absolute atomic E-state index is 10.5. The lowest BCUT2D eigenvalue weighted by atomic mass is 10.1. The Morgan fingerprint density at radius 1 is 1.21 bits per heavy atom. The van der Waals surface area contributed by atoms with Gasteiger partial charge < -0.3 is 24.8 Å². The summed E-state index contributed by atoms with van der Waals surface area (Å²) in [7, 11) is 0. The molecule has 1 saturated heterocycles. The molecule has 0 amide bonds. The van der Waals surface area contributed by atoms with E-state index in [0.29, 0.717) is 0 Å². The molecule has 2 rings (SSSR count). The molecule has 104 valence electrons. The highest BCUT2D eigenvalue weighted by atomic mass is 16.7.